The predicted octanol–water partition coefficient (Wildman–Crippen LogP) is 1.21. The van der Waals surface area contributed by atoms with E-state index in [1.807, 2.05) is 25.4 Å². The quantitative estimate of drug-likeness (QED) is 0.782. The van der Waals surface area contributed by atoms with Crippen molar-refractivity contribution in [3.63, 3.8) is 0 Å². The van der Waals surface area contributed by atoms with Crippen LogP contribution >= 0.6 is 0 Å². The van der Waals surface area contributed by atoms with Crippen molar-refractivity contribution in [2.45, 2.75) is 6.42 Å². The first kappa shape index (κ1) is 14.1. The van der Waals surface area contributed by atoms with Crippen LogP contribution in [0.5, 0.6) is 0 Å². The van der Waals surface area contributed by atoms with Crippen LogP contribution in [0, 0.1) is 5.92 Å². The molecule has 118 valence electrons. The highest BCUT2D eigenvalue weighted by molar-refractivity contribution is 5.88. The molecule has 7 heteroatoms. The molecule has 3 aromatic heterocycles. The normalized spacial score (nSPS) is 18.0. The lowest BCUT2D eigenvalue weighted by Crippen LogP contribution is -2.24. The molecule has 1 aliphatic heterocycles. The third kappa shape index (κ3) is 2.43. The first-order valence-corrected chi connectivity index (χ1v) is 7.81. The zero-order chi connectivity index (χ0) is 15.8. The number of hydrogen-bond acceptors (Lipinski definition) is 6. The summed E-state index contributed by atoms with van der Waals surface area (Å²) in [4.78, 5) is 15.9. The van der Waals surface area contributed by atoms with Crippen molar-refractivity contribution in [2.24, 2.45) is 18.7 Å². The van der Waals surface area contributed by atoms with Gasteiger partial charge in [0.25, 0.3) is 0 Å². The highest BCUT2D eigenvalue weighted by Crippen LogP contribution is 2.30. The summed E-state index contributed by atoms with van der Waals surface area (Å²) in [5.41, 5.74) is 7.63. The Labute approximate surface area is 134 Å². The molecule has 7 nitrogen and oxygen atoms in total. The second-order valence-corrected chi connectivity index (χ2v) is 5.95. The van der Waals surface area contributed by atoms with Gasteiger partial charge >= 0.3 is 0 Å². The van der Waals surface area contributed by atoms with E-state index in [2.05, 4.69) is 20.0 Å². The maximum Gasteiger partial charge on any atom is 0.164 e. The van der Waals surface area contributed by atoms with E-state index in [-0.39, 0.29) is 0 Å². The predicted molar refractivity (Wildman–Crippen MR) is 88.9 cm³/mol. The van der Waals surface area contributed by atoms with E-state index in [0.717, 1.165) is 48.5 Å². The lowest BCUT2D eigenvalue weighted by molar-refractivity contribution is 0.602. The third-order valence-corrected chi connectivity index (χ3v) is 4.43. The van der Waals surface area contributed by atoms with Gasteiger partial charge < -0.3 is 10.6 Å². The van der Waals surface area contributed by atoms with Gasteiger partial charge in [0.1, 0.15) is 5.82 Å². The Hall–Kier alpha value is -2.54. The second kappa shape index (κ2) is 5.58. The van der Waals surface area contributed by atoms with Gasteiger partial charge in [-0.1, -0.05) is 0 Å². The van der Waals surface area contributed by atoms with Crippen LogP contribution in [0.25, 0.3) is 22.4 Å². The number of rotatable bonds is 3. The van der Waals surface area contributed by atoms with Crippen molar-refractivity contribution in [2.75, 3.05) is 24.5 Å². The molecule has 4 heterocycles. The van der Waals surface area contributed by atoms with Crippen molar-refractivity contribution < 1.29 is 0 Å². The molecule has 0 aliphatic carbocycles. The molecule has 0 radical (unpaired) electrons. The van der Waals surface area contributed by atoms with Gasteiger partial charge in [0.15, 0.2) is 11.5 Å². The van der Waals surface area contributed by atoms with Crippen LogP contribution < -0.4 is 10.6 Å². The molecule has 0 aromatic carbocycles. The van der Waals surface area contributed by atoms with Crippen molar-refractivity contribution in [3.8, 4) is 11.4 Å². The van der Waals surface area contributed by atoms with Gasteiger partial charge in [-0.3, -0.25) is 9.67 Å². The molecule has 0 spiro atoms. The molecule has 0 unspecified atom stereocenters. The summed E-state index contributed by atoms with van der Waals surface area (Å²) in [5.74, 6) is 2.18. The Morgan fingerprint density at radius 1 is 1.26 bits per heavy atom. The van der Waals surface area contributed by atoms with Crippen LogP contribution in [-0.4, -0.2) is 44.4 Å². The van der Waals surface area contributed by atoms with Gasteiger partial charge in [-0.25, -0.2) is 9.97 Å². The van der Waals surface area contributed by atoms with Gasteiger partial charge in [-0.2, -0.15) is 5.10 Å². The van der Waals surface area contributed by atoms with E-state index in [1.165, 1.54) is 0 Å². The Morgan fingerprint density at radius 2 is 2.09 bits per heavy atom. The topological polar surface area (TPSA) is 85.8 Å². The summed E-state index contributed by atoms with van der Waals surface area (Å²) in [5, 5.41) is 5.34. The van der Waals surface area contributed by atoms with Gasteiger partial charge in [0.2, 0.25) is 0 Å². The van der Waals surface area contributed by atoms with Gasteiger partial charge in [-0.05, 0) is 31.0 Å². The molecule has 23 heavy (non-hydrogen) atoms. The molecule has 2 N–H and O–H groups in total. The molecule has 3 aromatic rings. The molecule has 4 rings (SSSR count). The fourth-order valence-corrected chi connectivity index (χ4v) is 3.10. The zero-order valence-electron chi connectivity index (χ0n) is 13.1. The lowest BCUT2D eigenvalue weighted by atomic mass is 10.1. The molecule has 0 bridgehead atoms. The maximum absolute atomic E-state index is 5.83. The van der Waals surface area contributed by atoms with Crippen molar-refractivity contribution in [3.05, 3.63) is 30.7 Å². The first-order chi connectivity index (χ1) is 11.3. The first-order valence-electron chi connectivity index (χ1n) is 7.81. The number of hydrogen-bond donors (Lipinski definition) is 1. The monoisotopic (exact) mass is 309 g/mol. The van der Waals surface area contributed by atoms with Crippen molar-refractivity contribution in [1.82, 2.24) is 24.7 Å². The molecule has 1 saturated heterocycles. The Kier molecular flexibility index (Phi) is 3.42. The van der Waals surface area contributed by atoms with E-state index in [4.69, 9.17) is 10.7 Å². The fourth-order valence-electron chi connectivity index (χ4n) is 3.10. The minimum atomic E-state index is 0.529. The Balaban J connectivity index is 1.85. The number of nitrogens with two attached hydrogens (primary N) is 1. The fraction of sp³-hybridized carbons (Fsp3) is 0.375. The van der Waals surface area contributed by atoms with Crippen molar-refractivity contribution >= 4 is 16.9 Å². The highest BCUT2D eigenvalue weighted by Gasteiger charge is 2.25. The number of anilines is 1. The summed E-state index contributed by atoms with van der Waals surface area (Å²) >= 11 is 0. The van der Waals surface area contributed by atoms with Crippen LogP contribution in [-0.2, 0) is 7.05 Å². The van der Waals surface area contributed by atoms with E-state index < -0.39 is 0 Å². The number of pyridine rings is 1. The minimum absolute atomic E-state index is 0.529. The van der Waals surface area contributed by atoms with Crippen LogP contribution in [0.1, 0.15) is 6.42 Å². The number of aryl methyl sites for hydroxylation is 1. The second-order valence-electron chi connectivity index (χ2n) is 5.95. The number of nitrogens with zero attached hydrogens (tertiary/aromatic N) is 6. The average molecular weight is 309 g/mol. The molecule has 1 atom stereocenters. The third-order valence-electron chi connectivity index (χ3n) is 4.43. The van der Waals surface area contributed by atoms with Gasteiger partial charge in [0, 0.05) is 38.1 Å². The van der Waals surface area contributed by atoms with E-state index in [0.29, 0.717) is 11.7 Å². The maximum atomic E-state index is 5.83. The Morgan fingerprint density at radius 3 is 2.83 bits per heavy atom. The zero-order valence-corrected chi connectivity index (χ0v) is 13.1. The summed E-state index contributed by atoms with van der Waals surface area (Å²) < 4.78 is 1.79. The van der Waals surface area contributed by atoms with E-state index >= 15 is 0 Å². The Bertz CT molecular complexity index is 827. The van der Waals surface area contributed by atoms with Crippen LogP contribution in [0.3, 0.4) is 0 Å². The molecular weight excluding hydrogens is 290 g/mol. The summed E-state index contributed by atoms with van der Waals surface area (Å²) in [6.45, 7) is 2.63. The molecule has 1 aliphatic rings. The average Bonchev–Trinajstić information content (AvgIpc) is 3.22. The molecular formula is C16H19N7. The number of aromatic nitrogens is 5. The largest absolute Gasteiger partial charge is 0.356 e. The number of fused-ring (bicyclic) bond motifs is 1. The molecule has 1 fully saturated rings. The summed E-state index contributed by atoms with van der Waals surface area (Å²) in [6, 6.07) is 3.85. The molecule has 0 amide bonds. The molecule has 0 saturated carbocycles. The van der Waals surface area contributed by atoms with Crippen LogP contribution in [0.2, 0.25) is 0 Å². The smallest absolute Gasteiger partial charge is 0.164 e. The van der Waals surface area contributed by atoms with Gasteiger partial charge in [-0.15, -0.1) is 0 Å². The standard InChI is InChI=1S/C16H19N7/c1-22-15-13(9-19-22)16(23-7-4-11(8-17)10-23)21-14(20-15)12-2-5-18-6-3-12/h2-3,5-6,9,11H,4,7-8,10,17H2,1H3/t11-/m0/s1. The highest BCUT2D eigenvalue weighted by atomic mass is 15.3. The minimum Gasteiger partial charge on any atom is -0.356 e. The van der Waals surface area contributed by atoms with Crippen LogP contribution in [0.15, 0.2) is 30.7 Å². The summed E-state index contributed by atoms with van der Waals surface area (Å²) in [6.07, 6.45) is 6.46. The van der Waals surface area contributed by atoms with E-state index in [1.54, 1.807) is 17.1 Å². The van der Waals surface area contributed by atoms with E-state index in [9.17, 15) is 0 Å². The van der Waals surface area contributed by atoms with Crippen LogP contribution in [0.4, 0.5) is 5.82 Å². The lowest BCUT2D eigenvalue weighted by Gasteiger charge is -2.19. The van der Waals surface area contributed by atoms with Gasteiger partial charge in [0.05, 0.1) is 11.6 Å². The SMILES string of the molecule is Cn1ncc2c(N3CC[C@@H](CN)C3)nc(-c3ccncc3)nc21. The summed E-state index contributed by atoms with van der Waals surface area (Å²) in [7, 11) is 1.90. The van der Waals surface area contributed by atoms with Crippen molar-refractivity contribution in [1.29, 1.82) is 0 Å².